The molecular formula is C26H18N2O. The Morgan fingerprint density at radius 2 is 1.52 bits per heavy atom. The Labute approximate surface area is 167 Å². The molecule has 3 nitrogen and oxygen atoms in total. The summed E-state index contributed by atoms with van der Waals surface area (Å²) in [5, 5.41) is 7.24. The lowest BCUT2D eigenvalue weighted by atomic mass is 9.95. The van der Waals surface area contributed by atoms with Gasteiger partial charge in [0.1, 0.15) is 5.75 Å². The van der Waals surface area contributed by atoms with Gasteiger partial charge in [-0.3, -0.25) is 4.98 Å². The van der Waals surface area contributed by atoms with Crippen LogP contribution in [0.25, 0.3) is 54.6 Å². The van der Waals surface area contributed by atoms with Gasteiger partial charge in [0.15, 0.2) is 0 Å². The van der Waals surface area contributed by atoms with Gasteiger partial charge in [-0.2, -0.15) is 0 Å². The number of aromatic nitrogens is 2. The number of nitrogens with one attached hydrogen (secondary N) is 1. The molecule has 0 fully saturated rings. The molecule has 29 heavy (non-hydrogen) atoms. The molecule has 0 bridgehead atoms. The monoisotopic (exact) mass is 374 g/mol. The summed E-state index contributed by atoms with van der Waals surface area (Å²) in [4.78, 5) is 8.40. The minimum atomic E-state index is 0.855. The Morgan fingerprint density at radius 1 is 0.724 bits per heavy atom. The summed E-state index contributed by atoms with van der Waals surface area (Å²) in [6.07, 6.45) is 1.90. The highest BCUT2D eigenvalue weighted by molar-refractivity contribution is 6.17. The molecule has 2 aromatic heterocycles. The molecule has 0 saturated carbocycles. The second kappa shape index (κ2) is 6.08. The van der Waals surface area contributed by atoms with Crippen LogP contribution >= 0.6 is 0 Å². The highest BCUT2D eigenvalue weighted by Gasteiger charge is 2.15. The number of methoxy groups -OCH3 is 1. The zero-order chi connectivity index (χ0) is 19.4. The molecule has 0 saturated heterocycles. The molecule has 0 aliphatic heterocycles. The van der Waals surface area contributed by atoms with Crippen molar-refractivity contribution >= 4 is 43.4 Å². The molecule has 6 aromatic rings. The number of aromatic amines is 1. The Bertz CT molecular complexity index is 1550. The molecule has 3 heteroatoms. The quantitative estimate of drug-likeness (QED) is 0.343. The van der Waals surface area contributed by atoms with Gasteiger partial charge in [-0.15, -0.1) is 0 Å². The van der Waals surface area contributed by atoms with E-state index in [-0.39, 0.29) is 0 Å². The fourth-order valence-electron chi connectivity index (χ4n) is 4.38. The smallest absolute Gasteiger partial charge is 0.119 e. The van der Waals surface area contributed by atoms with E-state index in [0.29, 0.717) is 0 Å². The molecule has 0 aliphatic rings. The van der Waals surface area contributed by atoms with Crippen LogP contribution in [0.5, 0.6) is 5.75 Å². The van der Waals surface area contributed by atoms with E-state index in [0.717, 1.165) is 38.8 Å². The largest absolute Gasteiger partial charge is 0.497 e. The number of H-pyrrole nitrogens is 1. The SMILES string of the molecule is COc1ccc2[nH]c3c(-c4cc5ccccc5c5ccccc45)nccc3c2c1. The molecule has 0 unspecified atom stereocenters. The van der Waals surface area contributed by atoms with Crippen LogP contribution in [0.15, 0.2) is 85.1 Å². The standard InChI is InChI=1S/C26H18N2O/c1-29-17-10-11-24-22(15-17)21-12-13-27-25(26(21)28-24)23-14-16-6-2-3-7-18(16)19-8-4-5-9-20(19)23/h2-15,28H,1H3. The summed E-state index contributed by atoms with van der Waals surface area (Å²) in [5.74, 6) is 0.855. The molecule has 4 aromatic carbocycles. The van der Waals surface area contributed by atoms with Crippen LogP contribution in [0.2, 0.25) is 0 Å². The van der Waals surface area contributed by atoms with Crippen LogP contribution in [0.3, 0.4) is 0 Å². The van der Waals surface area contributed by atoms with Crippen molar-refractivity contribution in [2.24, 2.45) is 0 Å². The molecular weight excluding hydrogens is 356 g/mol. The van der Waals surface area contributed by atoms with E-state index in [1.165, 1.54) is 21.5 Å². The van der Waals surface area contributed by atoms with Gasteiger partial charge in [-0.25, -0.2) is 0 Å². The minimum Gasteiger partial charge on any atom is -0.497 e. The number of rotatable bonds is 2. The van der Waals surface area contributed by atoms with Crippen LogP contribution in [0.1, 0.15) is 0 Å². The average molecular weight is 374 g/mol. The lowest BCUT2D eigenvalue weighted by molar-refractivity contribution is 0.415. The first kappa shape index (κ1) is 16.1. The molecule has 0 aliphatic carbocycles. The maximum absolute atomic E-state index is 5.43. The summed E-state index contributed by atoms with van der Waals surface area (Å²) in [6, 6.07) is 27.6. The number of nitrogens with zero attached hydrogens (tertiary/aromatic N) is 1. The minimum absolute atomic E-state index is 0.855. The Hall–Kier alpha value is -3.85. The van der Waals surface area contributed by atoms with Crippen molar-refractivity contribution in [3.63, 3.8) is 0 Å². The Kier molecular flexibility index (Phi) is 3.38. The van der Waals surface area contributed by atoms with Crippen molar-refractivity contribution in [1.29, 1.82) is 0 Å². The van der Waals surface area contributed by atoms with Crippen molar-refractivity contribution in [3.05, 3.63) is 85.1 Å². The van der Waals surface area contributed by atoms with Crippen LogP contribution in [0.4, 0.5) is 0 Å². The topological polar surface area (TPSA) is 37.9 Å². The van der Waals surface area contributed by atoms with E-state index in [4.69, 9.17) is 9.72 Å². The summed E-state index contributed by atoms with van der Waals surface area (Å²) < 4.78 is 5.43. The highest BCUT2D eigenvalue weighted by atomic mass is 16.5. The van der Waals surface area contributed by atoms with Crippen molar-refractivity contribution in [2.75, 3.05) is 7.11 Å². The first-order chi connectivity index (χ1) is 14.3. The third-order valence-corrected chi connectivity index (χ3v) is 5.75. The van der Waals surface area contributed by atoms with Gasteiger partial charge < -0.3 is 9.72 Å². The molecule has 2 heterocycles. The second-order valence-electron chi connectivity index (χ2n) is 7.31. The van der Waals surface area contributed by atoms with Crippen LogP contribution in [-0.2, 0) is 0 Å². The van der Waals surface area contributed by atoms with E-state index in [2.05, 4.69) is 77.8 Å². The van der Waals surface area contributed by atoms with E-state index < -0.39 is 0 Å². The zero-order valence-electron chi connectivity index (χ0n) is 15.9. The van der Waals surface area contributed by atoms with E-state index in [9.17, 15) is 0 Å². The van der Waals surface area contributed by atoms with E-state index in [1.807, 2.05) is 12.3 Å². The Balaban J connectivity index is 1.75. The number of ether oxygens (including phenoxy) is 1. The predicted molar refractivity (Wildman–Crippen MR) is 121 cm³/mol. The van der Waals surface area contributed by atoms with Crippen molar-refractivity contribution in [3.8, 4) is 17.0 Å². The van der Waals surface area contributed by atoms with Gasteiger partial charge in [0.05, 0.1) is 18.3 Å². The molecule has 0 amide bonds. The summed E-state index contributed by atoms with van der Waals surface area (Å²) in [5.41, 5.74) is 4.25. The third kappa shape index (κ3) is 2.34. The highest BCUT2D eigenvalue weighted by Crippen LogP contribution is 2.38. The maximum atomic E-state index is 5.43. The van der Waals surface area contributed by atoms with E-state index >= 15 is 0 Å². The summed E-state index contributed by atoms with van der Waals surface area (Å²) in [7, 11) is 1.70. The molecule has 0 radical (unpaired) electrons. The normalized spacial score (nSPS) is 11.6. The lowest BCUT2D eigenvalue weighted by Crippen LogP contribution is -1.89. The number of benzene rings is 4. The van der Waals surface area contributed by atoms with Crippen LogP contribution in [-0.4, -0.2) is 17.1 Å². The molecule has 138 valence electrons. The van der Waals surface area contributed by atoms with Gasteiger partial charge in [0.2, 0.25) is 0 Å². The van der Waals surface area contributed by atoms with Gasteiger partial charge >= 0.3 is 0 Å². The first-order valence-corrected chi connectivity index (χ1v) is 9.69. The van der Waals surface area contributed by atoms with Gasteiger partial charge in [-0.1, -0.05) is 48.5 Å². The molecule has 0 spiro atoms. The van der Waals surface area contributed by atoms with Crippen LogP contribution in [0, 0.1) is 0 Å². The van der Waals surface area contributed by atoms with Gasteiger partial charge in [-0.05, 0) is 51.9 Å². The molecule has 1 N–H and O–H groups in total. The number of pyridine rings is 1. The van der Waals surface area contributed by atoms with Crippen LogP contribution < -0.4 is 4.74 Å². The molecule has 6 rings (SSSR count). The summed E-state index contributed by atoms with van der Waals surface area (Å²) in [6.45, 7) is 0. The summed E-state index contributed by atoms with van der Waals surface area (Å²) >= 11 is 0. The first-order valence-electron chi connectivity index (χ1n) is 9.69. The maximum Gasteiger partial charge on any atom is 0.119 e. The van der Waals surface area contributed by atoms with Crippen molar-refractivity contribution in [1.82, 2.24) is 9.97 Å². The fraction of sp³-hybridized carbons (Fsp3) is 0.0385. The number of fused-ring (bicyclic) bond motifs is 6. The molecule has 0 atom stereocenters. The zero-order valence-corrected chi connectivity index (χ0v) is 15.9. The number of hydrogen-bond donors (Lipinski definition) is 1. The van der Waals surface area contributed by atoms with Crippen molar-refractivity contribution in [2.45, 2.75) is 0 Å². The third-order valence-electron chi connectivity index (χ3n) is 5.75. The lowest BCUT2D eigenvalue weighted by Gasteiger charge is -2.11. The van der Waals surface area contributed by atoms with Gasteiger partial charge in [0, 0.05) is 28.0 Å². The van der Waals surface area contributed by atoms with Crippen molar-refractivity contribution < 1.29 is 4.74 Å². The fourth-order valence-corrected chi connectivity index (χ4v) is 4.38. The van der Waals surface area contributed by atoms with Gasteiger partial charge in [0.25, 0.3) is 0 Å². The Morgan fingerprint density at radius 3 is 2.38 bits per heavy atom. The number of hydrogen-bond acceptors (Lipinski definition) is 2. The predicted octanol–water partition coefficient (Wildman–Crippen LogP) is 6.70. The van der Waals surface area contributed by atoms with E-state index in [1.54, 1.807) is 7.11 Å². The average Bonchev–Trinajstić information content (AvgIpc) is 3.16. The second-order valence-corrected chi connectivity index (χ2v) is 7.31.